The molecule has 0 saturated heterocycles. The summed E-state index contributed by atoms with van der Waals surface area (Å²) in [5.41, 5.74) is 1.42. The average Bonchev–Trinajstić information content (AvgIpc) is 3.27. The Morgan fingerprint density at radius 1 is 1.03 bits per heavy atom. The molecule has 0 spiro atoms. The van der Waals surface area contributed by atoms with Crippen molar-refractivity contribution in [2.75, 3.05) is 10.6 Å². The number of aromatic amines is 1. The Hall–Kier alpha value is -3.74. The van der Waals surface area contributed by atoms with E-state index in [0.717, 1.165) is 5.39 Å². The summed E-state index contributed by atoms with van der Waals surface area (Å²) < 4.78 is 14.3. The number of anilines is 3. The maximum atomic E-state index is 13.6. The molecular weight excluding hydrogens is 546 g/mol. The summed E-state index contributed by atoms with van der Waals surface area (Å²) in [6.07, 6.45) is 0. The molecule has 3 N–H and O–H groups in total. The zero-order chi connectivity index (χ0) is 25.4. The molecule has 0 bridgehead atoms. The number of carbonyl (C=O) groups is 1. The number of fused-ring (bicyclic) bond motifs is 1. The molecule has 1 atom stereocenters. The number of hydrogen-bond acceptors (Lipinski definition) is 6. The van der Waals surface area contributed by atoms with Gasteiger partial charge in [-0.25, -0.2) is 4.39 Å². The first-order valence-electron chi connectivity index (χ1n) is 10.9. The first-order valence-corrected chi connectivity index (χ1v) is 13.2. The van der Waals surface area contributed by atoms with Crippen LogP contribution in [0.2, 0.25) is 5.02 Å². The van der Waals surface area contributed by atoms with E-state index in [1.807, 2.05) is 0 Å². The molecule has 179 valence electrons. The Morgan fingerprint density at radius 3 is 2.58 bits per heavy atom. The summed E-state index contributed by atoms with van der Waals surface area (Å²) in [5.74, 6) is -0.384. The van der Waals surface area contributed by atoms with Crippen LogP contribution in [0.4, 0.5) is 21.5 Å². The third-order valence-electron chi connectivity index (χ3n) is 5.71. The Balaban J connectivity index is 1.38. The number of H-pyrrole nitrogens is 1. The van der Waals surface area contributed by atoms with Crippen LogP contribution in [0.3, 0.4) is 0 Å². The molecule has 10 heteroatoms. The van der Waals surface area contributed by atoms with Crippen LogP contribution in [0.25, 0.3) is 10.9 Å². The Morgan fingerprint density at radius 2 is 1.81 bits per heavy atom. The Kier molecular flexibility index (Phi) is 6.47. The number of carbonyl (C=O) groups excluding carboxylic acids is 1. The second kappa shape index (κ2) is 9.72. The number of aromatic nitrogens is 2. The molecule has 1 radical (unpaired) electrons. The second-order valence-electron chi connectivity index (χ2n) is 8.19. The molecule has 36 heavy (non-hydrogen) atoms. The van der Waals surface area contributed by atoms with Gasteiger partial charge in [0, 0.05) is 0 Å². The number of rotatable bonds is 8. The predicted octanol–water partition coefficient (Wildman–Crippen LogP) is 4.04. The first-order chi connectivity index (χ1) is 17.3. The molecule has 4 aromatic carbocycles. The molecular formula is C26H18AsClFN4O3. The summed E-state index contributed by atoms with van der Waals surface area (Å²) in [6.45, 7) is 1.78. The van der Waals surface area contributed by atoms with Crippen molar-refractivity contribution >= 4 is 64.4 Å². The van der Waals surface area contributed by atoms with Crippen molar-refractivity contribution in [3.63, 3.8) is 0 Å². The number of halogens is 2. The van der Waals surface area contributed by atoms with Gasteiger partial charge in [0.05, 0.1) is 0 Å². The van der Waals surface area contributed by atoms with E-state index in [1.165, 1.54) is 12.1 Å². The zero-order valence-corrected chi connectivity index (χ0v) is 21.4. The molecule has 5 aromatic rings. The van der Waals surface area contributed by atoms with Crippen molar-refractivity contribution in [2.24, 2.45) is 0 Å². The topological polar surface area (TPSA) is 104 Å². The Bertz CT molecular complexity index is 1690. The van der Waals surface area contributed by atoms with Crippen LogP contribution in [0, 0.1) is 5.82 Å². The van der Waals surface area contributed by atoms with E-state index in [4.69, 9.17) is 11.6 Å². The van der Waals surface area contributed by atoms with E-state index in [-0.39, 0.29) is 21.8 Å². The quantitative estimate of drug-likeness (QED) is 0.195. The van der Waals surface area contributed by atoms with Crippen LogP contribution in [0.15, 0.2) is 76.3 Å². The minimum atomic E-state index is -0.927. The first kappa shape index (κ1) is 24.0. The van der Waals surface area contributed by atoms with Crippen molar-refractivity contribution in [3.8, 4) is 0 Å². The molecule has 1 aromatic heterocycles. The normalized spacial score (nSPS) is 12.4. The molecule has 0 aliphatic heterocycles. The van der Waals surface area contributed by atoms with Crippen molar-refractivity contribution in [1.82, 2.24) is 10.2 Å². The van der Waals surface area contributed by atoms with Gasteiger partial charge in [-0.2, -0.15) is 0 Å². The summed E-state index contributed by atoms with van der Waals surface area (Å²) >= 11 is 5.09. The SMILES string of the molecule is C[C@@H](Nc1c(Nc2ccc3n[nH]c([As]C(=O)c4cccc(Cl)c4)c3c2)c(=O)c1=O)c1cccc(F)c1. The summed E-state index contributed by atoms with van der Waals surface area (Å²) in [4.78, 5) is 37.4. The van der Waals surface area contributed by atoms with E-state index in [9.17, 15) is 18.8 Å². The van der Waals surface area contributed by atoms with Gasteiger partial charge in [0.25, 0.3) is 0 Å². The average molecular weight is 564 g/mol. The van der Waals surface area contributed by atoms with Crippen LogP contribution in [0.5, 0.6) is 0 Å². The molecule has 5 rings (SSSR count). The van der Waals surface area contributed by atoms with Crippen LogP contribution in [-0.2, 0) is 0 Å². The molecule has 0 aliphatic carbocycles. The van der Waals surface area contributed by atoms with Gasteiger partial charge >= 0.3 is 206 Å². The fourth-order valence-electron chi connectivity index (χ4n) is 3.82. The van der Waals surface area contributed by atoms with E-state index >= 15 is 0 Å². The number of nitrogens with zero attached hydrogens (tertiary/aromatic N) is 1. The van der Waals surface area contributed by atoms with Crippen LogP contribution < -0.4 is 26.0 Å². The van der Waals surface area contributed by atoms with Gasteiger partial charge in [-0.15, -0.1) is 0 Å². The van der Waals surface area contributed by atoms with E-state index in [1.54, 1.807) is 61.5 Å². The minimum absolute atomic E-state index is 0.0297. The van der Waals surface area contributed by atoms with Gasteiger partial charge in [0.2, 0.25) is 0 Å². The van der Waals surface area contributed by atoms with Crippen molar-refractivity contribution in [1.29, 1.82) is 0 Å². The summed E-state index contributed by atoms with van der Waals surface area (Å²) in [6, 6.07) is 17.7. The van der Waals surface area contributed by atoms with E-state index in [0.29, 0.717) is 31.8 Å². The third-order valence-corrected chi connectivity index (χ3v) is 8.10. The fourth-order valence-corrected chi connectivity index (χ4v) is 5.83. The van der Waals surface area contributed by atoms with Crippen molar-refractivity contribution in [3.05, 3.63) is 109 Å². The number of benzene rings is 3. The standard InChI is InChI=1S/C26H18AsClFN4O3/c1-13(14-4-3-7-17(29)11-14)30-21-22(24(35)23(21)34)31-18-8-9-20-19(12-18)25(33-32-20)27-26(36)15-5-2-6-16(28)10-15/h2-13,30-31H,1H3,(H,32,33)/t13-/m1/s1. The van der Waals surface area contributed by atoms with Gasteiger partial charge in [-0.1, -0.05) is 0 Å². The van der Waals surface area contributed by atoms with Gasteiger partial charge in [-0.05, 0) is 6.07 Å². The van der Waals surface area contributed by atoms with Gasteiger partial charge in [-0.3, -0.25) is 0 Å². The molecule has 0 fully saturated rings. The predicted molar refractivity (Wildman–Crippen MR) is 140 cm³/mol. The van der Waals surface area contributed by atoms with E-state index in [2.05, 4.69) is 20.8 Å². The molecule has 1 heterocycles. The second-order valence-corrected chi connectivity index (χ2v) is 10.9. The van der Waals surface area contributed by atoms with Gasteiger partial charge in [0.15, 0.2) is 0 Å². The fraction of sp³-hybridized carbons (Fsp3) is 0.0769. The maximum absolute atomic E-state index is 13.6. The van der Waals surface area contributed by atoms with Gasteiger partial charge in [0.1, 0.15) is 0 Å². The van der Waals surface area contributed by atoms with Gasteiger partial charge < -0.3 is 0 Å². The zero-order valence-electron chi connectivity index (χ0n) is 18.8. The Labute approximate surface area is 216 Å². The number of hydrogen-bond donors (Lipinski definition) is 3. The van der Waals surface area contributed by atoms with Crippen molar-refractivity contribution < 1.29 is 9.18 Å². The van der Waals surface area contributed by atoms with Crippen molar-refractivity contribution in [2.45, 2.75) is 13.0 Å². The molecule has 0 amide bonds. The monoisotopic (exact) mass is 563 g/mol. The van der Waals surface area contributed by atoms with Crippen LogP contribution >= 0.6 is 11.6 Å². The van der Waals surface area contributed by atoms with E-state index < -0.39 is 32.7 Å². The summed E-state index contributed by atoms with van der Waals surface area (Å²) in [5, 5.41) is 14.5. The third kappa shape index (κ3) is 4.70. The molecule has 0 unspecified atom stereocenters. The number of nitrogens with one attached hydrogen (secondary N) is 3. The van der Waals surface area contributed by atoms with Crippen LogP contribution in [0.1, 0.15) is 28.9 Å². The summed E-state index contributed by atoms with van der Waals surface area (Å²) in [7, 11) is 0. The molecule has 7 nitrogen and oxygen atoms in total. The molecule has 0 aliphatic rings. The van der Waals surface area contributed by atoms with Crippen LogP contribution in [-0.4, -0.2) is 30.5 Å². The molecule has 0 saturated carbocycles.